The van der Waals surface area contributed by atoms with Crippen LogP contribution in [0.4, 0.5) is 0 Å². The second-order valence-electron chi connectivity index (χ2n) is 6.19. The monoisotopic (exact) mass is 298 g/mol. The lowest BCUT2D eigenvalue weighted by Crippen LogP contribution is -2.39. The Bertz CT molecular complexity index is 377. The fourth-order valence-electron chi connectivity index (χ4n) is 3.29. The third-order valence-electron chi connectivity index (χ3n) is 4.50. The smallest absolute Gasteiger partial charge is 0.309 e. The first-order chi connectivity index (χ1) is 10.0. The molecule has 5 heteroatoms. The molecule has 0 N–H and O–H groups in total. The Morgan fingerprint density at radius 2 is 2.00 bits per heavy atom. The number of carbonyl (C=O) groups excluding carboxylic acids is 2. The summed E-state index contributed by atoms with van der Waals surface area (Å²) < 4.78 is 15.9. The molecule has 5 nitrogen and oxygen atoms in total. The van der Waals surface area contributed by atoms with Crippen LogP contribution in [0.1, 0.15) is 46.0 Å². The van der Waals surface area contributed by atoms with Crippen molar-refractivity contribution >= 4 is 11.9 Å². The van der Waals surface area contributed by atoms with Crippen LogP contribution in [0, 0.1) is 17.8 Å². The van der Waals surface area contributed by atoms with E-state index in [1.54, 1.807) is 6.92 Å². The maximum atomic E-state index is 12.2. The van der Waals surface area contributed by atoms with E-state index in [4.69, 9.17) is 14.2 Å². The van der Waals surface area contributed by atoms with Crippen molar-refractivity contribution in [2.45, 2.75) is 58.2 Å². The van der Waals surface area contributed by atoms with Gasteiger partial charge in [0, 0.05) is 0 Å². The van der Waals surface area contributed by atoms with E-state index < -0.39 is 5.92 Å². The minimum Gasteiger partial charge on any atom is -0.469 e. The van der Waals surface area contributed by atoms with Crippen molar-refractivity contribution in [1.29, 1.82) is 0 Å². The van der Waals surface area contributed by atoms with Crippen molar-refractivity contribution in [3.05, 3.63) is 0 Å². The summed E-state index contributed by atoms with van der Waals surface area (Å²) in [7, 11) is 1.35. The van der Waals surface area contributed by atoms with Crippen LogP contribution in [0.15, 0.2) is 0 Å². The summed E-state index contributed by atoms with van der Waals surface area (Å²) in [6.07, 6.45) is 4.52. The van der Waals surface area contributed by atoms with Gasteiger partial charge in [0.2, 0.25) is 0 Å². The highest BCUT2D eigenvalue weighted by Crippen LogP contribution is 2.43. The van der Waals surface area contributed by atoms with Crippen LogP contribution in [0.2, 0.25) is 0 Å². The number of rotatable bonds is 6. The molecular weight excluding hydrogens is 272 g/mol. The predicted molar refractivity (Wildman–Crippen MR) is 76.5 cm³/mol. The molecule has 0 spiro atoms. The molecular formula is C16H26O5. The summed E-state index contributed by atoms with van der Waals surface area (Å²) in [4.78, 5) is 23.8. The fraction of sp³-hybridized carbons (Fsp3) is 0.875. The zero-order valence-corrected chi connectivity index (χ0v) is 13.2. The molecule has 1 saturated carbocycles. The highest BCUT2D eigenvalue weighted by atomic mass is 16.5. The highest BCUT2D eigenvalue weighted by molar-refractivity contribution is 5.80. The lowest BCUT2D eigenvalue weighted by atomic mass is 9.79. The molecule has 4 atom stereocenters. The highest BCUT2D eigenvalue weighted by Gasteiger charge is 2.42. The van der Waals surface area contributed by atoms with Crippen molar-refractivity contribution in [2.24, 2.45) is 17.8 Å². The van der Waals surface area contributed by atoms with Crippen LogP contribution >= 0.6 is 0 Å². The van der Waals surface area contributed by atoms with Crippen LogP contribution in [0.5, 0.6) is 0 Å². The molecule has 2 fully saturated rings. The zero-order valence-electron chi connectivity index (χ0n) is 13.2. The average molecular weight is 298 g/mol. The number of methoxy groups -OCH3 is 1. The molecule has 0 bridgehead atoms. The number of ether oxygens (including phenoxy) is 3. The standard InChI is InChI=1S/C16H26O5/c1-4-20-16(18)13(9-15(17)19-3)12-7-10(2)21-14(8-12)11-5-6-11/h10-14H,4-9H2,1-3H3/t10-,12+,13-,14+/m1/s1. The van der Waals surface area contributed by atoms with E-state index in [-0.39, 0.29) is 36.5 Å². The van der Waals surface area contributed by atoms with E-state index in [0.717, 1.165) is 12.8 Å². The maximum Gasteiger partial charge on any atom is 0.309 e. The summed E-state index contributed by atoms with van der Waals surface area (Å²) in [5, 5.41) is 0. The van der Waals surface area contributed by atoms with Crippen molar-refractivity contribution in [1.82, 2.24) is 0 Å². The van der Waals surface area contributed by atoms with Gasteiger partial charge in [0.1, 0.15) is 0 Å². The van der Waals surface area contributed by atoms with Gasteiger partial charge in [-0.15, -0.1) is 0 Å². The van der Waals surface area contributed by atoms with Crippen LogP contribution in [-0.4, -0.2) is 37.9 Å². The Morgan fingerprint density at radius 3 is 2.57 bits per heavy atom. The van der Waals surface area contributed by atoms with Gasteiger partial charge in [-0.2, -0.15) is 0 Å². The Kier molecular flexibility index (Phi) is 5.62. The topological polar surface area (TPSA) is 61.8 Å². The largest absolute Gasteiger partial charge is 0.469 e. The van der Waals surface area contributed by atoms with Gasteiger partial charge in [-0.05, 0) is 51.4 Å². The fourth-order valence-corrected chi connectivity index (χ4v) is 3.29. The van der Waals surface area contributed by atoms with Gasteiger partial charge in [0.25, 0.3) is 0 Å². The van der Waals surface area contributed by atoms with Crippen molar-refractivity contribution < 1.29 is 23.8 Å². The van der Waals surface area contributed by atoms with E-state index in [1.165, 1.54) is 20.0 Å². The lowest BCUT2D eigenvalue weighted by molar-refractivity contribution is -0.160. The van der Waals surface area contributed by atoms with Crippen molar-refractivity contribution in [2.75, 3.05) is 13.7 Å². The molecule has 120 valence electrons. The quantitative estimate of drug-likeness (QED) is 0.704. The van der Waals surface area contributed by atoms with Gasteiger partial charge in [-0.3, -0.25) is 9.59 Å². The number of hydrogen-bond donors (Lipinski definition) is 0. The van der Waals surface area contributed by atoms with E-state index in [2.05, 4.69) is 0 Å². The van der Waals surface area contributed by atoms with Gasteiger partial charge in [0.05, 0.1) is 38.3 Å². The van der Waals surface area contributed by atoms with Gasteiger partial charge >= 0.3 is 11.9 Å². The molecule has 0 aromatic carbocycles. The van der Waals surface area contributed by atoms with E-state index in [9.17, 15) is 9.59 Å². The van der Waals surface area contributed by atoms with Gasteiger partial charge in [-0.1, -0.05) is 0 Å². The van der Waals surface area contributed by atoms with Crippen LogP contribution in [-0.2, 0) is 23.8 Å². The van der Waals surface area contributed by atoms with Gasteiger partial charge in [0.15, 0.2) is 0 Å². The summed E-state index contributed by atoms with van der Waals surface area (Å²) in [5.74, 6) is -0.273. The van der Waals surface area contributed by atoms with Gasteiger partial charge < -0.3 is 14.2 Å². The van der Waals surface area contributed by atoms with E-state index in [0.29, 0.717) is 12.5 Å². The summed E-state index contributed by atoms with van der Waals surface area (Å²) in [6, 6.07) is 0. The number of hydrogen-bond acceptors (Lipinski definition) is 5. The first-order valence-electron chi connectivity index (χ1n) is 7.94. The SMILES string of the molecule is CCOC(=O)[C@H](CC(=O)OC)[C@H]1C[C@@H](C)O[C@H](C2CC2)C1. The molecule has 0 radical (unpaired) electrons. The molecule has 2 aliphatic rings. The Morgan fingerprint density at radius 1 is 1.29 bits per heavy atom. The summed E-state index contributed by atoms with van der Waals surface area (Å²) >= 11 is 0. The molecule has 0 unspecified atom stereocenters. The maximum absolute atomic E-state index is 12.2. The molecule has 21 heavy (non-hydrogen) atoms. The molecule has 0 aromatic rings. The molecule has 2 rings (SSSR count). The minimum atomic E-state index is -0.412. The molecule has 1 aliphatic carbocycles. The first kappa shape index (κ1) is 16.3. The number of esters is 2. The second kappa shape index (κ2) is 7.25. The second-order valence-corrected chi connectivity index (χ2v) is 6.19. The average Bonchev–Trinajstić information content (AvgIpc) is 3.28. The molecule has 1 aliphatic heterocycles. The first-order valence-corrected chi connectivity index (χ1v) is 7.94. The molecule has 0 aromatic heterocycles. The third kappa shape index (κ3) is 4.43. The van der Waals surface area contributed by atoms with Crippen molar-refractivity contribution in [3.8, 4) is 0 Å². The Hall–Kier alpha value is -1.10. The predicted octanol–water partition coefficient (Wildman–Crippen LogP) is 2.32. The van der Waals surface area contributed by atoms with Crippen LogP contribution in [0.25, 0.3) is 0 Å². The van der Waals surface area contributed by atoms with E-state index in [1.807, 2.05) is 6.92 Å². The van der Waals surface area contributed by atoms with Crippen LogP contribution in [0.3, 0.4) is 0 Å². The van der Waals surface area contributed by atoms with Crippen LogP contribution < -0.4 is 0 Å². The normalized spacial score (nSPS) is 30.5. The zero-order chi connectivity index (χ0) is 15.4. The third-order valence-corrected chi connectivity index (χ3v) is 4.50. The molecule has 0 amide bonds. The molecule has 1 saturated heterocycles. The Labute approximate surface area is 126 Å². The number of carbonyl (C=O) groups is 2. The summed E-state index contributed by atoms with van der Waals surface area (Å²) in [6.45, 7) is 4.16. The minimum absolute atomic E-state index is 0.101. The summed E-state index contributed by atoms with van der Waals surface area (Å²) in [5.41, 5.74) is 0. The van der Waals surface area contributed by atoms with Crippen molar-refractivity contribution in [3.63, 3.8) is 0 Å². The van der Waals surface area contributed by atoms with E-state index >= 15 is 0 Å². The molecule has 1 heterocycles. The Balaban J connectivity index is 2.05. The lowest BCUT2D eigenvalue weighted by Gasteiger charge is -2.37. The van der Waals surface area contributed by atoms with Gasteiger partial charge in [-0.25, -0.2) is 0 Å².